The molecule has 0 atom stereocenters. The van der Waals surface area contributed by atoms with Crippen molar-refractivity contribution in [3.8, 4) is 0 Å². The van der Waals surface area contributed by atoms with Crippen LogP contribution < -0.4 is 0 Å². The number of aliphatic hydroxyl groups is 1. The van der Waals surface area contributed by atoms with Crippen LogP contribution in [0.1, 0.15) is 66.0 Å². The Morgan fingerprint density at radius 3 is 2.32 bits per heavy atom. The molecule has 0 unspecified atom stereocenters. The van der Waals surface area contributed by atoms with E-state index in [4.69, 9.17) is 23.2 Å². The van der Waals surface area contributed by atoms with Crippen LogP contribution in [0.2, 0.25) is 10.0 Å². The Morgan fingerprint density at radius 2 is 1.63 bits per heavy atom. The standard InChI is InChI=1S/C34H35Cl2NO/c1-4-5-17-37-20-28(21-37)22(2)24-9-11-25(12-10-24)34-30-15-13-26(23(3)38)18-27(30)7-6-8-32(34)31-16-14-29(35)19-33(31)36/h9-16,18-19,28,38H,2-8,17,20-21H2,1H3. The molecule has 3 aromatic rings. The zero-order chi connectivity index (χ0) is 26.8. The zero-order valence-electron chi connectivity index (χ0n) is 22.1. The molecule has 3 aromatic carbocycles. The van der Waals surface area contributed by atoms with Gasteiger partial charge < -0.3 is 10.0 Å². The van der Waals surface area contributed by atoms with E-state index in [-0.39, 0.29) is 5.76 Å². The van der Waals surface area contributed by atoms with Crippen LogP contribution >= 0.6 is 23.2 Å². The number of aliphatic hydroxyl groups excluding tert-OH is 1. The molecule has 4 heteroatoms. The number of benzene rings is 3. The van der Waals surface area contributed by atoms with Gasteiger partial charge in [-0.15, -0.1) is 0 Å². The summed E-state index contributed by atoms with van der Waals surface area (Å²) in [6.07, 6.45) is 5.29. The highest BCUT2D eigenvalue weighted by atomic mass is 35.5. The third-order valence-corrected chi connectivity index (χ3v) is 8.51. The minimum absolute atomic E-state index is 0.0932. The number of fused-ring (bicyclic) bond motifs is 1. The first kappa shape index (κ1) is 26.8. The van der Waals surface area contributed by atoms with E-state index in [1.54, 1.807) is 0 Å². The van der Waals surface area contributed by atoms with Crippen molar-refractivity contribution in [3.05, 3.63) is 117 Å². The second kappa shape index (κ2) is 11.5. The van der Waals surface area contributed by atoms with Crippen molar-refractivity contribution >= 4 is 45.7 Å². The van der Waals surface area contributed by atoms with E-state index >= 15 is 0 Å². The van der Waals surface area contributed by atoms with E-state index in [1.807, 2.05) is 24.3 Å². The fourth-order valence-corrected chi connectivity index (χ4v) is 6.26. The SMILES string of the molecule is C=C(O)c1ccc2c(c1)CCCC(c1ccc(Cl)cc1Cl)=C2c1ccc(C(=C)C2CN(CCCC)C2)cc1. The molecule has 1 heterocycles. The second-order valence-corrected chi connectivity index (χ2v) is 11.4. The number of unbranched alkanes of at least 4 members (excludes halogenated alkanes) is 1. The fourth-order valence-electron chi connectivity index (χ4n) is 5.74. The summed E-state index contributed by atoms with van der Waals surface area (Å²) in [5.41, 5.74) is 10.2. The summed E-state index contributed by atoms with van der Waals surface area (Å²) in [6, 6.07) is 20.8. The van der Waals surface area contributed by atoms with Crippen LogP contribution in [-0.4, -0.2) is 29.6 Å². The van der Waals surface area contributed by atoms with E-state index in [9.17, 15) is 5.11 Å². The Balaban J connectivity index is 1.54. The lowest BCUT2D eigenvalue weighted by Crippen LogP contribution is -2.47. The summed E-state index contributed by atoms with van der Waals surface area (Å²) in [7, 11) is 0. The Bertz CT molecular complexity index is 1400. The lowest BCUT2D eigenvalue weighted by Gasteiger charge is -2.40. The molecule has 38 heavy (non-hydrogen) atoms. The number of hydrogen-bond acceptors (Lipinski definition) is 2. The maximum absolute atomic E-state index is 10.0. The molecule has 0 radical (unpaired) electrons. The molecule has 196 valence electrons. The molecular weight excluding hydrogens is 509 g/mol. The number of rotatable bonds is 8. The minimum Gasteiger partial charge on any atom is -0.508 e. The zero-order valence-corrected chi connectivity index (χ0v) is 23.6. The van der Waals surface area contributed by atoms with Crippen molar-refractivity contribution in [2.75, 3.05) is 19.6 Å². The number of halogens is 2. The van der Waals surface area contributed by atoms with Gasteiger partial charge in [0.2, 0.25) is 0 Å². The van der Waals surface area contributed by atoms with Crippen LogP contribution in [0, 0.1) is 5.92 Å². The van der Waals surface area contributed by atoms with Gasteiger partial charge in [-0.25, -0.2) is 0 Å². The molecule has 0 bridgehead atoms. The molecule has 1 aliphatic heterocycles. The number of likely N-dealkylation sites (tertiary alicyclic amines) is 1. The minimum atomic E-state index is 0.0932. The largest absolute Gasteiger partial charge is 0.508 e. The molecule has 2 aliphatic rings. The molecule has 2 nitrogen and oxygen atoms in total. The molecule has 1 aliphatic carbocycles. The van der Waals surface area contributed by atoms with E-state index in [0.717, 1.165) is 49.0 Å². The highest BCUT2D eigenvalue weighted by Gasteiger charge is 2.29. The average molecular weight is 545 g/mol. The third-order valence-electron chi connectivity index (χ3n) is 7.96. The summed E-state index contributed by atoms with van der Waals surface area (Å²) < 4.78 is 0. The predicted octanol–water partition coefficient (Wildman–Crippen LogP) is 9.56. The summed E-state index contributed by atoms with van der Waals surface area (Å²) in [5, 5.41) is 11.3. The van der Waals surface area contributed by atoms with E-state index < -0.39 is 0 Å². The van der Waals surface area contributed by atoms with Crippen molar-refractivity contribution in [3.63, 3.8) is 0 Å². The van der Waals surface area contributed by atoms with Gasteiger partial charge in [0.25, 0.3) is 0 Å². The molecule has 0 spiro atoms. The Morgan fingerprint density at radius 1 is 0.921 bits per heavy atom. The Labute approximate surface area is 236 Å². The molecular formula is C34H35Cl2NO. The van der Waals surface area contributed by atoms with Gasteiger partial charge in [-0.05, 0) is 95.0 Å². The monoisotopic (exact) mass is 543 g/mol. The van der Waals surface area contributed by atoms with Crippen molar-refractivity contribution in [2.45, 2.75) is 39.0 Å². The fraction of sp³-hybridized carbons (Fsp3) is 0.294. The number of nitrogens with zero attached hydrogens (tertiary/aromatic N) is 1. The van der Waals surface area contributed by atoms with E-state index in [2.05, 4.69) is 61.4 Å². The lowest BCUT2D eigenvalue weighted by molar-refractivity contribution is 0.135. The van der Waals surface area contributed by atoms with Gasteiger partial charge in [-0.3, -0.25) is 0 Å². The van der Waals surface area contributed by atoms with Crippen LogP contribution in [0.5, 0.6) is 0 Å². The quantitative estimate of drug-likeness (QED) is 0.286. The predicted molar refractivity (Wildman–Crippen MR) is 164 cm³/mol. The van der Waals surface area contributed by atoms with Gasteiger partial charge in [0.15, 0.2) is 0 Å². The van der Waals surface area contributed by atoms with E-state index in [0.29, 0.717) is 16.0 Å². The summed E-state index contributed by atoms with van der Waals surface area (Å²) in [6.45, 7) is 13.8. The number of hydrogen-bond donors (Lipinski definition) is 1. The summed E-state index contributed by atoms with van der Waals surface area (Å²) in [4.78, 5) is 2.53. The Kier molecular flexibility index (Phi) is 8.14. The molecule has 1 N–H and O–H groups in total. The normalized spacial score (nSPS) is 16.1. The summed E-state index contributed by atoms with van der Waals surface area (Å²) in [5.74, 6) is 0.625. The van der Waals surface area contributed by atoms with Gasteiger partial charge in [-0.2, -0.15) is 0 Å². The molecule has 1 fully saturated rings. The third kappa shape index (κ3) is 5.50. The molecule has 1 saturated heterocycles. The number of aryl methyl sites for hydroxylation is 1. The first-order valence-electron chi connectivity index (χ1n) is 13.6. The number of allylic oxidation sites excluding steroid dienone is 1. The van der Waals surface area contributed by atoms with Crippen molar-refractivity contribution in [1.82, 2.24) is 4.90 Å². The molecule has 0 saturated carbocycles. The van der Waals surface area contributed by atoms with Crippen LogP contribution in [-0.2, 0) is 6.42 Å². The van der Waals surface area contributed by atoms with Crippen molar-refractivity contribution < 1.29 is 5.11 Å². The van der Waals surface area contributed by atoms with Gasteiger partial charge in [0.05, 0.1) is 0 Å². The second-order valence-electron chi connectivity index (χ2n) is 10.6. The van der Waals surface area contributed by atoms with Gasteiger partial charge in [0, 0.05) is 34.6 Å². The van der Waals surface area contributed by atoms with Crippen molar-refractivity contribution in [2.24, 2.45) is 5.92 Å². The summed E-state index contributed by atoms with van der Waals surface area (Å²) >= 11 is 13.0. The van der Waals surface area contributed by atoms with E-state index in [1.165, 1.54) is 52.8 Å². The van der Waals surface area contributed by atoms with Crippen LogP contribution in [0.3, 0.4) is 0 Å². The maximum atomic E-state index is 10.0. The van der Waals surface area contributed by atoms with Gasteiger partial charge >= 0.3 is 0 Å². The molecule has 5 rings (SSSR count). The lowest BCUT2D eigenvalue weighted by atomic mass is 9.84. The van der Waals surface area contributed by atoms with Crippen LogP contribution in [0.4, 0.5) is 0 Å². The first-order chi connectivity index (χ1) is 18.4. The van der Waals surface area contributed by atoms with Crippen LogP contribution in [0.15, 0.2) is 73.8 Å². The average Bonchev–Trinajstić information content (AvgIpc) is 3.07. The van der Waals surface area contributed by atoms with Crippen LogP contribution in [0.25, 0.3) is 22.5 Å². The Hall–Kier alpha value is -2.78. The first-order valence-corrected chi connectivity index (χ1v) is 14.3. The highest BCUT2D eigenvalue weighted by molar-refractivity contribution is 6.36. The van der Waals surface area contributed by atoms with Gasteiger partial charge in [-0.1, -0.05) is 92.2 Å². The highest BCUT2D eigenvalue weighted by Crippen LogP contribution is 2.43. The topological polar surface area (TPSA) is 23.5 Å². The smallest absolute Gasteiger partial charge is 0.115 e. The van der Waals surface area contributed by atoms with Crippen molar-refractivity contribution in [1.29, 1.82) is 0 Å². The molecule has 0 amide bonds. The van der Waals surface area contributed by atoms with Gasteiger partial charge in [0.1, 0.15) is 5.76 Å². The molecule has 0 aromatic heterocycles. The maximum Gasteiger partial charge on any atom is 0.115 e.